The third-order valence-corrected chi connectivity index (χ3v) is 3.83. The smallest absolute Gasteiger partial charge is 0.326 e. The average molecular weight is 331 g/mol. The van der Waals surface area contributed by atoms with Crippen molar-refractivity contribution >= 4 is 5.91 Å². The lowest BCUT2D eigenvalue weighted by Gasteiger charge is -2.28. The molecule has 9 nitrogen and oxygen atoms in total. The van der Waals surface area contributed by atoms with Gasteiger partial charge in [-0.1, -0.05) is 0 Å². The molecule has 0 radical (unpaired) electrons. The minimum atomic E-state index is -0.701. The maximum atomic E-state index is 12.1. The van der Waals surface area contributed by atoms with Gasteiger partial charge in [-0.2, -0.15) is 0 Å². The van der Waals surface area contributed by atoms with Crippen molar-refractivity contribution in [3.63, 3.8) is 0 Å². The molecule has 0 atom stereocenters. The molecule has 2 aromatic rings. The van der Waals surface area contributed by atoms with E-state index in [0.717, 1.165) is 31.7 Å². The number of hydrogen-bond donors (Lipinski definition) is 3. The summed E-state index contributed by atoms with van der Waals surface area (Å²) in [6.07, 6.45) is 6.24. The van der Waals surface area contributed by atoms with Crippen molar-refractivity contribution in [2.45, 2.75) is 37.8 Å². The molecule has 126 valence electrons. The highest BCUT2D eigenvalue weighted by atomic mass is 16.5. The van der Waals surface area contributed by atoms with Crippen molar-refractivity contribution in [1.29, 1.82) is 0 Å². The van der Waals surface area contributed by atoms with Gasteiger partial charge in [-0.15, -0.1) is 0 Å². The topological polar surface area (TPSA) is 130 Å². The molecule has 1 fully saturated rings. The van der Waals surface area contributed by atoms with Crippen LogP contribution in [0.25, 0.3) is 0 Å². The van der Waals surface area contributed by atoms with Crippen LogP contribution in [0.2, 0.25) is 0 Å². The maximum Gasteiger partial charge on any atom is 0.326 e. The summed E-state index contributed by atoms with van der Waals surface area (Å²) in [5, 5.41) is 2.83. The molecule has 0 unspecified atom stereocenters. The van der Waals surface area contributed by atoms with E-state index in [4.69, 9.17) is 4.74 Å². The second-order valence-corrected chi connectivity index (χ2v) is 5.60. The van der Waals surface area contributed by atoms with Gasteiger partial charge in [0.2, 0.25) is 0 Å². The molecule has 3 rings (SSSR count). The van der Waals surface area contributed by atoms with E-state index < -0.39 is 17.2 Å². The first-order chi connectivity index (χ1) is 11.6. The zero-order valence-electron chi connectivity index (χ0n) is 12.8. The Morgan fingerprint density at radius 1 is 1.12 bits per heavy atom. The highest BCUT2D eigenvalue weighted by Gasteiger charge is 2.24. The van der Waals surface area contributed by atoms with E-state index in [-0.39, 0.29) is 17.8 Å². The number of nitrogens with zero attached hydrogens (tertiary/aromatic N) is 2. The minimum Gasteiger partial charge on any atom is -0.460 e. The Balaban J connectivity index is 1.52. The average Bonchev–Trinajstić information content (AvgIpc) is 2.57. The fraction of sp³-hybridized carbons (Fsp3) is 0.400. The summed E-state index contributed by atoms with van der Waals surface area (Å²) in [6, 6.07) is 3.11. The number of nitrogens with one attached hydrogen (secondary N) is 3. The van der Waals surface area contributed by atoms with Crippen LogP contribution in [0.15, 0.2) is 34.1 Å². The van der Waals surface area contributed by atoms with Gasteiger partial charge < -0.3 is 15.0 Å². The van der Waals surface area contributed by atoms with Gasteiger partial charge in [0, 0.05) is 24.5 Å². The Labute approximate surface area is 136 Å². The van der Waals surface area contributed by atoms with Crippen molar-refractivity contribution in [3.8, 4) is 6.01 Å². The van der Waals surface area contributed by atoms with Gasteiger partial charge in [0.1, 0.15) is 11.8 Å². The molecular weight excluding hydrogens is 314 g/mol. The summed E-state index contributed by atoms with van der Waals surface area (Å²) < 4.78 is 5.70. The molecule has 1 aliphatic carbocycles. The van der Waals surface area contributed by atoms with Crippen molar-refractivity contribution in [2.24, 2.45) is 0 Å². The zero-order chi connectivity index (χ0) is 16.9. The van der Waals surface area contributed by atoms with E-state index in [1.807, 2.05) is 4.98 Å². The second kappa shape index (κ2) is 7.07. The summed E-state index contributed by atoms with van der Waals surface area (Å²) in [4.78, 5) is 46.9. The number of ether oxygens (including phenoxy) is 1. The number of carbonyl (C=O) groups is 1. The summed E-state index contributed by atoms with van der Waals surface area (Å²) >= 11 is 0. The number of hydrogen-bond acceptors (Lipinski definition) is 6. The molecule has 2 aromatic heterocycles. The number of H-pyrrole nitrogens is 2. The van der Waals surface area contributed by atoms with E-state index >= 15 is 0 Å². The predicted octanol–water partition coefficient (Wildman–Crippen LogP) is -0.0268. The van der Waals surface area contributed by atoms with Crippen molar-refractivity contribution in [2.75, 3.05) is 0 Å². The molecule has 1 aliphatic rings. The molecule has 0 spiro atoms. The normalized spacial score (nSPS) is 20.3. The molecule has 0 bridgehead atoms. The van der Waals surface area contributed by atoms with Gasteiger partial charge in [0.25, 0.3) is 11.5 Å². The number of rotatable bonds is 4. The Kier molecular flexibility index (Phi) is 4.69. The van der Waals surface area contributed by atoms with E-state index in [0.29, 0.717) is 6.01 Å². The van der Waals surface area contributed by atoms with Gasteiger partial charge in [-0.05, 0) is 31.7 Å². The summed E-state index contributed by atoms with van der Waals surface area (Å²) in [5.41, 5.74) is -1.35. The number of amides is 1. The molecule has 0 aliphatic heterocycles. The summed E-state index contributed by atoms with van der Waals surface area (Å²) in [7, 11) is 0. The highest BCUT2D eigenvalue weighted by molar-refractivity contribution is 5.92. The van der Waals surface area contributed by atoms with E-state index in [1.54, 1.807) is 18.5 Å². The number of carbonyl (C=O) groups excluding carboxylic acids is 1. The van der Waals surface area contributed by atoms with Crippen LogP contribution in [0.5, 0.6) is 6.01 Å². The molecule has 24 heavy (non-hydrogen) atoms. The highest BCUT2D eigenvalue weighted by Crippen LogP contribution is 2.22. The standard InChI is InChI=1S/C15H17N5O4/c21-12-8-11(19-14(23)20-12)13(22)18-9-2-4-10(5-3-9)24-15-16-6-1-7-17-15/h1,6-10H,2-5H2,(H,18,22)(H2,19,20,21,23). The minimum absolute atomic E-state index is 0.0138. The zero-order valence-corrected chi connectivity index (χ0v) is 12.8. The molecule has 0 saturated heterocycles. The molecule has 3 N–H and O–H groups in total. The predicted molar refractivity (Wildman–Crippen MR) is 83.9 cm³/mol. The largest absolute Gasteiger partial charge is 0.460 e. The fourth-order valence-electron chi connectivity index (χ4n) is 2.67. The second-order valence-electron chi connectivity index (χ2n) is 5.60. The first-order valence-corrected chi connectivity index (χ1v) is 7.68. The lowest BCUT2D eigenvalue weighted by molar-refractivity contribution is 0.0880. The quantitative estimate of drug-likeness (QED) is 0.721. The lowest BCUT2D eigenvalue weighted by Crippen LogP contribution is -2.41. The fourth-order valence-corrected chi connectivity index (χ4v) is 2.67. The molecule has 1 saturated carbocycles. The number of aromatic nitrogens is 4. The third-order valence-electron chi connectivity index (χ3n) is 3.83. The lowest BCUT2D eigenvalue weighted by atomic mass is 9.93. The van der Waals surface area contributed by atoms with Gasteiger partial charge in [-0.25, -0.2) is 14.8 Å². The molecule has 2 heterocycles. The number of aromatic amines is 2. The third kappa shape index (κ3) is 4.06. The molecule has 0 aromatic carbocycles. The van der Waals surface area contributed by atoms with Crippen LogP contribution >= 0.6 is 0 Å². The van der Waals surface area contributed by atoms with E-state index in [2.05, 4.69) is 20.3 Å². The van der Waals surface area contributed by atoms with Gasteiger partial charge in [-0.3, -0.25) is 14.6 Å². The van der Waals surface area contributed by atoms with Crippen molar-refractivity contribution in [1.82, 2.24) is 25.3 Å². The van der Waals surface area contributed by atoms with Crippen molar-refractivity contribution < 1.29 is 9.53 Å². The molecule has 1 amide bonds. The van der Waals surface area contributed by atoms with Crippen LogP contribution in [0.1, 0.15) is 36.2 Å². The van der Waals surface area contributed by atoms with Crippen LogP contribution in [0.3, 0.4) is 0 Å². The van der Waals surface area contributed by atoms with Gasteiger partial charge >= 0.3 is 11.7 Å². The Morgan fingerprint density at radius 3 is 2.50 bits per heavy atom. The Bertz CT molecular complexity index is 780. The van der Waals surface area contributed by atoms with Gasteiger partial charge in [0.15, 0.2) is 0 Å². The summed E-state index contributed by atoms with van der Waals surface area (Å²) in [6.45, 7) is 0. The molecule has 9 heteroatoms. The van der Waals surface area contributed by atoms with Crippen LogP contribution in [0, 0.1) is 0 Å². The molecular formula is C15H17N5O4. The van der Waals surface area contributed by atoms with Crippen LogP contribution in [-0.2, 0) is 0 Å². The van der Waals surface area contributed by atoms with E-state index in [1.165, 1.54) is 0 Å². The van der Waals surface area contributed by atoms with E-state index in [9.17, 15) is 14.4 Å². The Hall–Kier alpha value is -2.97. The first kappa shape index (κ1) is 15.9. The maximum absolute atomic E-state index is 12.1. The monoisotopic (exact) mass is 331 g/mol. The van der Waals surface area contributed by atoms with Gasteiger partial charge in [0.05, 0.1) is 0 Å². The summed E-state index contributed by atoms with van der Waals surface area (Å²) in [5.74, 6) is -0.464. The van der Waals surface area contributed by atoms with Crippen LogP contribution in [0.4, 0.5) is 0 Å². The van der Waals surface area contributed by atoms with Crippen molar-refractivity contribution in [3.05, 3.63) is 51.1 Å². The Morgan fingerprint density at radius 2 is 1.83 bits per heavy atom. The van der Waals surface area contributed by atoms with Crippen LogP contribution in [-0.4, -0.2) is 38.0 Å². The van der Waals surface area contributed by atoms with Crippen LogP contribution < -0.4 is 21.3 Å². The SMILES string of the molecule is O=C(NC1CCC(Oc2ncccn2)CC1)c1cc(=O)[nH]c(=O)[nH]1. The first-order valence-electron chi connectivity index (χ1n) is 7.68.